The highest BCUT2D eigenvalue weighted by Gasteiger charge is 2.61. The molecule has 1 spiro atoms. The fraction of sp³-hybridized carbons (Fsp3) is 0.304. The molecule has 10 heteroatoms. The third-order valence-corrected chi connectivity index (χ3v) is 6.76. The molecule has 0 radical (unpaired) electrons. The van der Waals surface area contributed by atoms with Crippen molar-refractivity contribution in [2.75, 3.05) is 18.1 Å². The molecule has 33 heavy (non-hydrogen) atoms. The fourth-order valence-corrected chi connectivity index (χ4v) is 5.34. The van der Waals surface area contributed by atoms with E-state index in [1.165, 1.54) is 18.9 Å². The van der Waals surface area contributed by atoms with Gasteiger partial charge in [0.1, 0.15) is 5.75 Å². The maximum atomic E-state index is 13.8. The van der Waals surface area contributed by atoms with Crippen molar-refractivity contribution < 1.29 is 19.1 Å². The third kappa shape index (κ3) is 4.30. The van der Waals surface area contributed by atoms with Crippen LogP contribution in [0, 0.1) is 6.92 Å². The molecule has 0 aliphatic carbocycles. The highest BCUT2D eigenvalue weighted by molar-refractivity contribution is 8.15. The van der Waals surface area contributed by atoms with Crippen molar-refractivity contribution in [3.63, 3.8) is 0 Å². The lowest BCUT2D eigenvalue weighted by molar-refractivity contribution is -0.139. The summed E-state index contributed by atoms with van der Waals surface area (Å²) < 4.78 is 5.76. The number of halogens is 1. The van der Waals surface area contributed by atoms with E-state index in [4.69, 9.17) is 16.3 Å². The number of thioether (sulfide) groups is 1. The molecule has 0 bridgehead atoms. The van der Waals surface area contributed by atoms with Gasteiger partial charge < -0.3 is 15.0 Å². The van der Waals surface area contributed by atoms with Crippen LogP contribution in [0.3, 0.4) is 0 Å². The summed E-state index contributed by atoms with van der Waals surface area (Å²) in [6.45, 7) is 5.43. The minimum Gasteiger partial charge on any atom is -0.494 e. The average Bonchev–Trinajstić information content (AvgIpc) is 3.24. The van der Waals surface area contributed by atoms with Crippen LogP contribution in [0.1, 0.15) is 31.4 Å². The Morgan fingerprint density at radius 1 is 1.18 bits per heavy atom. The minimum absolute atomic E-state index is 0.214. The van der Waals surface area contributed by atoms with E-state index in [2.05, 4.69) is 10.4 Å². The summed E-state index contributed by atoms with van der Waals surface area (Å²) >= 11 is 6.98. The third-order valence-electron chi connectivity index (χ3n) is 5.27. The summed E-state index contributed by atoms with van der Waals surface area (Å²) in [5, 5.41) is 8.90. The number of amidine groups is 1. The van der Waals surface area contributed by atoms with Crippen LogP contribution < -0.4 is 15.0 Å². The molecule has 1 atom stereocenters. The molecule has 0 saturated carbocycles. The van der Waals surface area contributed by atoms with Gasteiger partial charge in [-0.2, -0.15) is 5.01 Å². The molecule has 2 aromatic rings. The number of rotatable bonds is 5. The zero-order chi connectivity index (χ0) is 23.8. The smallest absolute Gasteiger partial charge is 0.270 e. The van der Waals surface area contributed by atoms with Crippen molar-refractivity contribution in [2.45, 2.75) is 32.1 Å². The summed E-state index contributed by atoms with van der Waals surface area (Å²) in [6, 6.07) is 12.8. The maximum Gasteiger partial charge on any atom is 0.270 e. The van der Waals surface area contributed by atoms with Gasteiger partial charge in [-0.1, -0.05) is 29.3 Å². The Morgan fingerprint density at radius 3 is 2.58 bits per heavy atom. The second kappa shape index (κ2) is 9.07. The Labute approximate surface area is 200 Å². The van der Waals surface area contributed by atoms with Crippen molar-refractivity contribution in [1.82, 2.24) is 10.3 Å². The standard InChI is InChI=1S/C23H23ClN4O4S/c1-14-5-10-20-19(13-14)23(28(16(3)30)26-22(33-23)25-15(2)29)21(31)27(20)11-4-12-32-18-8-6-17(24)7-9-18/h5-10,13H,4,11-12H2,1-3H3,(H,25,26,29)/t23-/m1/s1. The van der Waals surface area contributed by atoms with Gasteiger partial charge in [0.25, 0.3) is 5.91 Å². The lowest BCUT2D eigenvalue weighted by Gasteiger charge is -2.29. The SMILES string of the molecule is CC(=O)NC1=NN(C(C)=O)[C@]2(S1)C(=O)N(CCCOc1ccc(Cl)cc1)c1ccc(C)cc12. The van der Waals surface area contributed by atoms with Crippen LogP contribution in [0.25, 0.3) is 0 Å². The van der Waals surface area contributed by atoms with Gasteiger partial charge in [0, 0.05) is 31.0 Å². The number of hydrogen-bond donors (Lipinski definition) is 1. The molecule has 3 amide bonds. The Hall–Kier alpha value is -3.04. The highest BCUT2D eigenvalue weighted by Crippen LogP contribution is 2.54. The van der Waals surface area contributed by atoms with Gasteiger partial charge in [0.2, 0.25) is 16.7 Å². The fourth-order valence-electron chi connectivity index (χ4n) is 3.89. The second-order valence-corrected chi connectivity index (χ2v) is 9.41. The number of carbonyl (C=O) groups excluding carboxylic acids is 3. The number of anilines is 1. The molecule has 172 valence electrons. The molecular weight excluding hydrogens is 464 g/mol. The molecule has 4 rings (SSSR count). The predicted molar refractivity (Wildman–Crippen MR) is 128 cm³/mol. The minimum atomic E-state index is -1.39. The van der Waals surface area contributed by atoms with Crippen molar-refractivity contribution in [1.29, 1.82) is 0 Å². The predicted octanol–water partition coefficient (Wildman–Crippen LogP) is 3.62. The van der Waals surface area contributed by atoms with Crippen LogP contribution in [0.5, 0.6) is 5.75 Å². The number of hydrazone groups is 1. The number of fused-ring (bicyclic) bond motifs is 2. The molecule has 0 aromatic heterocycles. The number of carbonyl (C=O) groups is 3. The summed E-state index contributed by atoms with van der Waals surface area (Å²) in [5.74, 6) is -0.300. The number of nitrogens with zero attached hydrogens (tertiary/aromatic N) is 3. The van der Waals surface area contributed by atoms with Crippen molar-refractivity contribution in [3.8, 4) is 5.75 Å². The molecular formula is C23H23ClN4O4S. The van der Waals surface area contributed by atoms with E-state index < -0.39 is 10.8 Å². The first kappa shape index (κ1) is 23.1. The number of benzene rings is 2. The zero-order valence-electron chi connectivity index (χ0n) is 18.4. The van der Waals surface area contributed by atoms with Gasteiger partial charge in [0.15, 0.2) is 5.17 Å². The van der Waals surface area contributed by atoms with E-state index in [0.29, 0.717) is 35.9 Å². The van der Waals surface area contributed by atoms with E-state index in [1.807, 2.05) is 25.1 Å². The van der Waals surface area contributed by atoms with E-state index >= 15 is 0 Å². The quantitative estimate of drug-likeness (QED) is 0.652. The summed E-state index contributed by atoms with van der Waals surface area (Å²) in [7, 11) is 0. The summed E-state index contributed by atoms with van der Waals surface area (Å²) in [5.41, 5.74) is 2.34. The molecule has 2 heterocycles. The average molecular weight is 487 g/mol. The van der Waals surface area contributed by atoms with Crippen LogP contribution in [0.2, 0.25) is 5.02 Å². The normalized spacial score (nSPS) is 19.0. The molecule has 0 fully saturated rings. The molecule has 1 N–H and O–H groups in total. The Kier molecular flexibility index (Phi) is 6.36. The van der Waals surface area contributed by atoms with Gasteiger partial charge in [0.05, 0.1) is 12.3 Å². The van der Waals surface area contributed by atoms with E-state index in [-0.39, 0.29) is 17.0 Å². The van der Waals surface area contributed by atoms with Gasteiger partial charge in [-0.25, -0.2) is 0 Å². The number of ether oxygens (including phenoxy) is 1. The summed E-state index contributed by atoms with van der Waals surface area (Å²) in [6.07, 6.45) is 0.571. The van der Waals surface area contributed by atoms with Gasteiger partial charge in [-0.05, 0) is 55.4 Å². The van der Waals surface area contributed by atoms with Crippen molar-refractivity contribution in [2.24, 2.45) is 5.10 Å². The van der Waals surface area contributed by atoms with Gasteiger partial charge >= 0.3 is 0 Å². The van der Waals surface area contributed by atoms with E-state index in [1.54, 1.807) is 29.2 Å². The Morgan fingerprint density at radius 2 is 1.91 bits per heavy atom. The van der Waals surface area contributed by atoms with Crippen molar-refractivity contribution >= 4 is 51.9 Å². The lowest BCUT2D eigenvalue weighted by Crippen LogP contribution is -2.48. The van der Waals surface area contributed by atoms with Crippen LogP contribution in [-0.2, 0) is 19.3 Å². The maximum absolute atomic E-state index is 13.8. The highest BCUT2D eigenvalue weighted by atomic mass is 35.5. The molecule has 8 nitrogen and oxygen atoms in total. The van der Waals surface area contributed by atoms with Crippen LogP contribution in [-0.4, -0.2) is 41.0 Å². The first-order valence-corrected chi connectivity index (χ1v) is 11.6. The lowest BCUT2D eigenvalue weighted by atomic mass is 10.0. The first-order chi connectivity index (χ1) is 15.7. The largest absolute Gasteiger partial charge is 0.494 e. The Balaban J connectivity index is 1.58. The number of nitrogens with one attached hydrogen (secondary N) is 1. The summed E-state index contributed by atoms with van der Waals surface area (Å²) in [4.78, 5) is 38.2. The topological polar surface area (TPSA) is 91.3 Å². The second-order valence-electron chi connectivity index (χ2n) is 7.80. The van der Waals surface area contributed by atoms with Crippen LogP contribution in [0.15, 0.2) is 47.6 Å². The molecule has 2 aliphatic heterocycles. The number of amides is 3. The van der Waals surface area contributed by atoms with E-state index in [9.17, 15) is 14.4 Å². The van der Waals surface area contributed by atoms with Crippen LogP contribution in [0.4, 0.5) is 5.69 Å². The zero-order valence-corrected chi connectivity index (χ0v) is 20.0. The molecule has 2 aromatic carbocycles. The van der Waals surface area contributed by atoms with Gasteiger partial charge in [-0.3, -0.25) is 14.4 Å². The van der Waals surface area contributed by atoms with E-state index in [0.717, 1.165) is 23.0 Å². The van der Waals surface area contributed by atoms with Gasteiger partial charge in [-0.15, -0.1) is 5.10 Å². The monoisotopic (exact) mass is 486 g/mol. The first-order valence-electron chi connectivity index (χ1n) is 10.4. The molecule has 2 aliphatic rings. The van der Waals surface area contributed by atoms with Crippen molar-refractivity contribution in [3.05, 3.63) is 58.6 Å². The Bertz CT molecular complexity index is 1150. The molecule has 0 saturated heterocycles. The molecule has 0 unspecified atom stereocenters. The number of hydrogen-bond acceptors (Lipinski definition) is 6. The van der Waals surface area contributed by atoms with Crippen LogP contribution >= 0.6 is 23.4 Å². The number of aryl methyl sites for hydroxylation is 1.